The van der Waals surface area contributed by atoms with Gasteiger partial charge in [0.05, 0.1) is 15.7 Å². The van der Waals surface area contributed by atoms with Crippen LogP contribution in [0.15, 0.2) is 46.0 Å². The van der Waals surface area contributed by atoms with Crippen molar-refractivity contribution in [3.63, 3.8) is 0 Å². The first kappa shape index (κ1) is 16.4. The highest BCUT2D eigenvalue weighted by molar-refractivity contribution is 9.10. The molecule has 22 heavy (non-hydrogen) atoms. The van der Waals surface area contributed by atoms with E-state index in [-0.39, 0.29) is 17.3 Å². The van der Waals surface area contributed by atoms with Gasteiger partial charge in [-0.05, 0) is 36.8 Å². The number of carbonyl (C=O) groups excluding carboxylic acids is 1. The summed E-state index contributed by atoms with van der Waals surface area (Å²) in [7, 11) is 0. The van der Waals surface area contributed by atoms with Gasteiger partial charge in [-0.3, -0.25) is 14.9 Å². The van der Waals surface area contributed by atoms with Gasteiger partial charge in [-0.25, -0.2) is 4.98 Å². The van der Waals surface area contributed by atoms with Crippen molar-refractivity contribution in [2.24, 2.45) is 0 Å². The molecular weight excluding hydrogens is 370 g/mol. The Bertz CT molecular complexity index is 707. The van der Waals surface area contributed by atoms with Crippen molar-refractivity contribution < 1.29 is 9.72 Å². The Morgan fingerprint density at radius 1 is 1.41 bits per heavy atom. The minimum absolute atomic E-state index is 0.0701. The molecule has 114 valence electrons. The lowest BCUT2D eigenvalue weighted by molar-refractivity contribution is -0.385. The summed E-state index contributed by atoms with van der Waals surface area (Å²) in [4.78, 5) is 25.9. The summed E-state index contributed by atoms with van der Waals surface area (Å²) in [5.41, 5.74) is 1.64. The summed E-state index contributed by atoms with van der Waals surface area (Å²) in [5.74, 6) is 0.0240. The average Bonchev–Trinajstić information content (AvgIpc) is 2.48. The summed E-state index contributed by atoms with van der Waals surface area (Å²) in [6.07, 6.45) is 1.18. The molecule has 0 radical (unpaired) electrons. The Hall–Kier alpha value is -1.93. The summed E-state index contributed by atoms with van der Waals surface area (Å²) in [5, 5.41) is 13.9. The molecular formula is C14H12BrN3O3S. The van der Waals surface area contributed by atoms with Gasteiger partial charge in [0.25, 0.3) is 5.69 Å². The third kappa shape index (κ3) is 4.54. The molecule has 1 heterocycles. The molecule has 0 fully saturated rings. The zero-order valence-electron chi connectivity index (χ0n) is 11.6. The third-order valence-corrected chi connectivity index (χ3v) is 4.18. The predicted octanol–water partition coefficient (Wildman–Crippen LogP) is 3.79. The van der Waals surface area contributed by atoms with Crippen LogP contribution >= 0.6 is 27.7 Å². The van der Waals surface area contributed by atoms with Crippen LogP contribution in [-0.2, 0) is 4.79 Å². The number of halogens is 1. The molecule has 0 spiro atoms. The molecule has 0 saturated carbocycles. The molecule has 1 aromatic carbocycles. The van der Waals surface area contributed by atoms with E-state index < -0.39 is 4.92 Å². The first-order valence-corrected chi connectivity index (χ1v) is 8.03. The van der Waals surface area contributed by atoms with Crippen LogP contribution in [0.3, 0.4) is 0 Å². The van der Waals surface area contributed by atoms with Crippen molar-refractivity contribution in [1.29, 1.82) is 0 Å². The topological polar surface area (TPSA) is 85.1 Å². The normalized spacial score (nSPS) is 10.3. The number of nitro groups is 1. The van der Waals surface area contributed by atoms with E-state index in [0.29, 0.717) is 5.03 Å². The van der Waals surface area contributed by atoms with E-state index in [1.807, 2.05) is 25.1 Å². The highest BCUT2D eigenvalue weighted by Crippen LogP contribution is 2.21. The number of aryl methyl sites for hydroxylation is 1. The van der Waals surface area contributed by atoms with E-state index in [9.17, 15) is 14.9 Å². The van der Waals surface area contributed by atoms with Crippen LogP contribution in [0.25, 0.3) is 0 Å². The molecule has 0 bridgehead atoms. The van der Waals surface area contributed by atoms with Gasteiger partial charge in [0.2, 0.25) is 5.91 Å². The van der Waals surface area contributed by atoms with Crippen molar-refractivity contribution in [2.75, 3.05) is 11.1 Å². The molecule has 0 aliphatic rings. The number of aromatic nitrogens is 1. The lowest BCUT2D eigenvalue weighted by Crippen LogP contribution is -2.14. The van der Waals surface area contributed by atoms with Crippen LogP contribution in [0.2, 0.25) is 0 Å². The Labute approximate surface area is 139 Å². The number of rotatable bonds is 5. The summed E-state index contributed by atoms with van der Waals surface area (Å²) in [6, 6.07) is 8.49. The van der Waals surface area contributed by atoms with Gasteiger partial charge in [0.1, 0.15) is 6.20 Å². The average molecular weight is 382 g/mol. The fraction of sp³-hybridized carbons (Fsp3) is 0.143. The molecule has 0 unspecified atom stereocenters. The zero-order valence-corrected chi connectivity index (χ0v) is 14.0. The number of nitrogens with one attached hydrogen (secondary N) is 1. The highest BCUT2D eigenvalue weighted by Gasteiger charge is 2.09. The number of anilines is 1. The molecule has 0 atom stereocenters. The monoisotopic (exact) mass is 381 g/mol. The number of benzene rings is 1. The second kappa shape index (κ2) is 7.37. The lowest BCUT2D eigenvalue weighted by Gasteiger charge is -2.08. The second-order valence-electron chi connectivity index (χ2n) is 4.41. The van der Waals surface area contributed by atoms with Crippen molar-refractivity contribution in [3.05, 3.63) is 56.7 Å². The van der Waals surface area contributed by atoms with Crippen LogP contribution in [0, 0.1) is 17.0 Å². The fourth-order valence-electron chi connectivity index (χ4n) is 1.66. The quantitative estimate of drug-likeness (QED) is 0.483. The number of amides is 1. The number of hydrogen-bond donors (Lipinski definition) is 1. The van der Waals surface area contributed by atoms with Gasteiger partial charge in [-0.15, -0.1) is 0 Å². The molecule has 8 heteroatoms. The maximum absolute atomic E-state index is 11.9. The van der Waals surface area contributed by atoms with Gasteiger partial charge in [-0.1, -0.05) is 27.7 Å². The Morgan fingerprint density at radius 3 is 2.77 bits per heavy atom. The maximum Gasteiger partial charge on any atom is 0.287 e. The van der Waals surface area contributed by atoms with Gasteiger partial charge in [0.15, 0.2) is 0 Å². The first-order chi connectivity index (χ1) is 10.5. The fourth-order valence-corrected chi connectivity index (χ4v) is 2.78. The second-order valence-corrected chi connectivity index (χ2v) is 6.32. The SMILES string of the molecule is Cc1cc(Br)ccc1NC(=O)CSc1ccc([N+](=O)[O-])cn1. The van der Waals surface area contributed by atoms with E-state index in [1.54, 1.807) is 0 Å². The van der Waals surface area contributed by atoms with Crippen molar-refractivity contribution in [2.45, 2.75) is 11.9 Å². The molecule has 1 aromatic heterocycles. The number of pyridine rings is 1. The minimum atomic E-state index is -0.509. The van der Waals surface area contributed by atoms with E-state index in [2.05, 4.69) is 26.2 Å². The standard InChI is InChI=1S/C14H12BrN3O3S/c1-9-6-10(15)2-4-12(9)17-13(19)8-22-14-5-3-11(7-16-14)18(20)21/h2-7H,8H2,1H3,(H,17,19). The van der Waals surface area contributed by atoms with Crippen molar-refractivity contribution >= 4 is 45.0 Å². The number of carbonyl (C=O) groups is 1. The Morgan fingerprint density at radius 2 is 2.18 bits per heavy atom. The van der Waals surface area contributed by atoms with Gasteiger partial charge >= 0.3 is 0 Å². The summed E-state index contributed by atoms with van der Waals surface area (Å²) in [6.45, 7) is 1.91. The predicted molar refractivity (Wildman–Crippen MR) is 89.1 cm³/mol. The largest absolute Gasteiger partial charge is 0.325 e. The first-order valence-electron chi connectivity index (χ1n) is 6.25. The van der Waals surface area contributed by atoms with E-state index in [0.717, 1.165) is 15.7 Å². The molecule has 0 saturated heterocycles. The highest BCUT2D eigenvalue weighted by atomic mass is 79.9. The van der Waals surface area contributed by atoms with Crippen molar-refractivity contribution in [1.82, 2.24) is 4.98 Å². The Balaban J connectivity index is 1.91. The molecule has 2 rings (SSSR count). The summed E-state index contributed by atoms with van der Waals surface area (Å²) < 4.78 is 0.951. The minimum Gasteiger partial charge on any atom is -0.325 e. The van der Waals surface area contributed by atoms with Crippen LogP contribution in [0.5, 0.6) is 0 Å². The molecule has 1 N–H and O–H groups in total. The smallest absolute Gasteiger partial charge is 0.287 e. The molecule has 1 amide bonds. The van der Waals surface area contributed by atoms with Crippen LogP contribution in [0.4, 0.5) is 11.4 Å². The van der Waals surface area contributed by atoms with E-state index >= 15 is 0 Å². The maximum atomic E-state index is 11.9. The third-order valence-electron chi connectivity index (χ3n) is 2.75. The molecule has 2 aromatic rings. The zero-order chi connectivity index (χ0) is 16.1. The van der Waals surface area contributed by atoms with E-state index in [4.69, 9.17) is 0 Å². The lowest BCUT2D eigenvalue weighted by atomic mass is 10.2. The number of hydrogen-bond acceptors (Lipinski definition) is 5. The van der Waals surface area contributed by atoms with Crippen LogP contribution in [0.1, 0.15) is 5.56 Å². The molecule has 0 aliphatic heterocycles. The number of thioether (sulfide) groups is 1. The van der Waals surface area contributed by atoms with Crippen molar-refractivity contribution in [3.8, 4) is 0 Å². The van der Waals surface area contributed by atoms with Gasteiger partial charge in [-0.2, -0.15) is 0 Å². The summed E-state index contributed by atoms with van der Waals surface area (Å²) >= 11 is 4.59. The number of nitrogens with zero attached hydrogens (tertiary/aromatic N) is 2. The van der Waals surface area contributed by atoms with Crippen LogP contribution in [-0.4, -0.2) is 21.6 Å². The van der Waals surface area contributed by atoms with Crippen LogP contribution < -0.4 is 5.32 Å². The van der Waals surface area contributed by atoms with Gasteiger partial charge < -0.3 is 5.32 Å². The molecule has 0 aliphatic carbocycles. The molecule has 6 nitrogen and oxygen atoms in total. The van der Waals surface area contributed by atoms with Gasteiger partial charge in [0, 0.05) is 16.2 Å². The Kier molecular flexibility index (Phi) is 5.51. The van der Waals surface area contributed by atoms with E-state index in [1.165, 1.54) is 30.1 Å².